The molecule has 36 heavy (non-hydrogen) atoms. The van der Waals surface area contributed by atoms with E-state index in [1.807, 2.05) is 0 Å². The zero-order valence-electron chi connectivity index (χ0n) is 19.1. The van der Waals surface area contributed by atoms with Crippen LogP contribution in [0.25, 0.3) is 11.3 Å². The largest absolute Gasteiger partial charge is 0.455 e. The Kier molecular flexibility index (Phi) is 7.79. The van der Waals surface area contributed by atoms with Crippen LogP contribution >= 0.6 is 23.2 Å². The van der Waals surface area contributed by atoms with Gasteiger partial charge < -0.3 is 4.42 Å². The molecule has 0 unspecified atom stereocenters. The molecule has 184 valence electrons. The molecule has 1 aromatic heterocycles. The Morgan fingerprint density at radius 1 is 1.00 bits per heavy atom. The highest BCUT2D eigenvalue weighted by molar-refractivity contribution is 7.92. The lowest BCUT2D eigenvalue weighted by Crippen LogP contribution is -2.40. The van der Waals surface area contributed by atoms with Crippen LogP contribution in [0.2, 0.25) is 10.0 Å². The molecule has 0 bridgehead atoms. The van der Waals surface area contributed by atoms with Crippen molar-refractivity contribution in [1.82, 2.24) is 5.43 Å². The fraction of sp³-hybridized carbons (Fsp3) is 0.0769. The normalized spacial score (nSPS) is 11.5. The molecular formula is C26H21Cl2N3O4S. The van der Waals surface area contributed by atoms with E-state index in [1.165, 1.54) is 18.3 Å². The van der Waals surface area contributed by atoms with Gasteiger partial charge in [0.25, 0.3) is 15.9 Å². The van der Waals surface area contributed by atoms with Crippen LogP contribution < -0.4 is 9.73 Å². The van der Waals surface area contributed by atoms with Crippen LogP contribution in [-0.4, -0.2) is 27.1 Å². The molecule has 1 amide bonds. The summed E-state index contributed by atoms with van der Waals surface area (Å²) in [5.74, 6) is 0.245. The number of carbonyl (C=O) groups is 1. The van der Waals surface area contributed by atoms with E-state index in [0.29, 0.717) is 38.4 Å². The van der Waals surface area contributed by atoms with E-state index in [4.69, 9.17) is 27.6 Å². The molecule has 0 aliphatic rings. The van der Waals surface area contributed by atoms with Gasteiger partial charge in [-0.25, -0.2) is 13.8 Å². The van der Waals surface area contributed by atoms with Gasteiger partial charge in [-0.3, -0.25) is 9.10 Å². The molecule has 7 nitrogen and oxygen atoms in total. The maximum Gasteiger partial charge on any atom is 0.264 e. The van der Waals surface area contributed by atoms with Gasteiger partial charge in [0.2, 0.25) is 0 Å². The number of para-hydroxylation sites is 1. The smallest absolute Gasteiger partial charge is 0.264 e. The zero-order chi connectivity index (χ0) is 25.7. The molecule has 0 spiro atoms. The molecule has 3 aromatic carbocycles. The lowest BCUT2D eigenvalue weighted by Gasteiger charge is -2.25. The van der Waals surface area contributed by atoms with E-state index in [0.717, 1.165) is 4.31 Å². The molecular weight excluding hydrogens is 521 g/mol. The number of nitrogens with one attached hydrogen (secondary N) is 1. The molecule has 10 heteroatoms. The maximum atomic E-state index is 13.4. The minimum Gasteiger partial charge on any atom is -0.455 e. The van der Waals surface area contributed by atoms with E-state index in [-0.39, 0.29) is 4.90 Å². The third-order valence-electron chi connectivity index (χ3n) is 5.21. The predicted octanol–water partition coefficient (Wildman–Crippen LogP) is 5.91. The minimum atomic E-state index is -4.00. The highest BCUT2D eigenvalue weighted by Gasteiger charge is 2.28. The number of hydrogen-bond acceptors (Lipinski definition) is 5. The van der Waals surface area contributed by atoms with Crippen molar-refractivity contribution < 1.29 is 17.6 Å². The number of furan rings is 1. The molecule has 0 radical (unpaired) electrons. The number of carbonyl (C=O) groups excluding carboxylic acids is 1. The van der Waals surface area contributed by atoms with E-state index < -0.39 is 22.5 Å². The summed E-state index contributed by atoms with van der Waals surface area (Å²) in [5.41, 5.74) is 4.13. The van der Waals surface area contributed by atoms with E-state index in [9.17, 15) is 13.2 Å². The van der Waals surface area contributed by atoms with Gasteiger partial charge in [-0.05, 0) is 61.0 Å². The van der Waals surface area contributed by atoms with E-state index in [1.54, 1.807) is 79.7 Å². The van der Waals surface area contributed by atoms with Crippen LogP contribution in [0, 0.1) is 6.92 Å². The number of benzene rings is 3. The molecule has 0 saturated heterocycles. The first-order valence-corrected chi connectivity index (χ1v) is 13.0. The summed E-state index contributed by atoms with van der Waals surface area (Å²) in [6.45, 7) is 1.31. The Balaban J connectivity index is 1.50. The van der Waals surface area contributed by atoms with Gasteiger partial charge >= 0.3 is 0 Å². The highest BCUT2D eigenvalue weighted by Crippen LogP contribution is 2.31. The summed E-state index contributed by atoms with van der Waals surface area (Å²) in [6.07, 6.45) is 1.31. The second-order valence-corrected chi connectivity index (χ2v) is 10.4. The Hall–Kier alpha value is -3.59. The Bertz CT molecular complexity index is 1520. The summed E-state index contributed by atoms with van der Waals surface area (Å²) in [5, 5.41) is 4.86. The third-order valence-corrected chi connectivity index (χ3v) is 7.53. The monoisotopic (exact) mass is 541 g/mol. The van der Waals surface area contributed by atoms with Crippen molar-refractivity contribution in [2.75, 3.05) is 10.8 Å². The highest BCUT2D eigenvalue weighted by atomic mass is 35.5. The first-order chi connectivity index (χ1) is 17.3. The average Bonchev–Trinajstić information content (AvgIpc) is 3.32. The fourth-order valence-corrected chi connectivity index (χ4v) is 5.46. The van der Waals surface area contributed by atoms with Crippen molar-refractivity contribution >= 4 is 51.0 Å². The molecule has 0 saturated carbocycles. The van der Waals surface area contributed by atoms with Gasteiger partial charge in [-0.2, -0.15) is 5.10 Å². The van der Waals surface area contributed by atoms with Crippen molar-refractivity contribution in [3.63, 3.8) is 0 Å². The molecule has 4 rings (SSSR count). The number of sulfonamides is 1. The first kappa shape index (κ1) is 25.5. The van der Waals surface area contributed by atoms with Gasteiger partial charge in [0.05, 0.1) is 21.8 Å². The van der Waals surface area contributed by atoms with Gasteiger partial charge in [0.15, 0.2) is 0 Å². The Labute approximate surface area is 219 Å². The van der Waals surface area contributed by atoms with E-state index >= 15 is 0 Å². The van der Waals surface area contributed by atoms with Crippen molar-refractivity contribution in [3.8, 4) is 11.3 Å². The molecule has 0 aliphatic carbocycles. The first-order valence-electron chi connectivity index (χ1n) is 10.8. The van der Waals surface area contributed by atoms with E-state index in [2.05, 4.69) is 10.5 Å². The number of nitrogens with zero attached hydrogens (tertiary/aromatic N) is 2. The van der Waals surface area contributed by atoms with Crippen LogP contribution in [0.5, 0.6) is 0 Å². The van der Waals surface area contributed by atoms with Crippen molar-refractivity contribution in [2.45, 2.75) is 11.8 Å². The Morgan fingerprint density at radius 3 is 2.44 bits per heavy atom. The number of halogens is 2. The summed E-state index contributed by atoms with van der Waals surface area (Å²) < 4.78 is 33.5. The third kappa shape index (κ3) is 5.79. The fourth-order valence-electron chi connectivity index (χ4n) is 3.45. The predicted molar refractivity (Wildman–Crippen MR) is 142 cm³/mol. The van der Waals surface area contributed by atoms with Crippen LogP contribution in [0.3, 0.4) is 0 Å². The van der Waals surface area contributed by atoms with Crippen molar-refractivity contribution in [2.24, 2.45) is 5.10 Å². The topological polar surface area (TPSA) is 92.0 Å². The minimum absolute atomic E-state index is 0.0773. The summed E-state index contributed by atoms with van der Waals surface area (Å²) >= 11 is 12.2. The maximum absolute atomic E-state index is 13.4. The molecule has 0 aliphatic heterocycles. The number of hydrogen-bond donors (Lipinski definition) is 1. The average molecular weight is 542 g/mol. The number of rotatable bonds is 8. The van der Waals surface area contributed by atoms with Crippen LogP contribution in [0.15, 0.2) is 99.3 Å². The van der Waals surface area contributed by atoms with Crippen LogP contribution in [0.1, 0.15) is 11.3 Å². The molecule has 4 aromatic rings. The zero-order valence-corrected chi connectivity index (χ0v) is 21.4. The molecule has 0 atom stereocenters. The summed E-state index contributed by atoms with van der Waals surface area (Å²) in [4.78, 5) is 12.8. The summed E-state index contributed by atoms with van der Waals surface area (Å²) in [7, 11) is -4.00. The standard InChI is InChI=1S/C26H21Cl2N3O4S/c1-18-7-5-6-10-24(18)31(36(33,34)21-8-3-2-4-9-21)17-26(32)30-29-16-20-12-14-25(35-20)22-13-11-19(27)15-23(22)28/h2-16H,17H2,1H3,(H,30,32)/b29-16-. The number of anilines is 1. The number of aryl methyl sites for hydroxylation is 1. The second kappa shape index (κ2) is 11.0. The van der Waals surface area contributed by atoms with Gasteiger partial charge in [0.1, 0.15) is 18.1 Å². The second-order valence-electron chi connectivity index (χ2n) is 7.73. The molecule has 1 heterocycles. The van der Waals surface area contributed by atoms with Gasteiger partial charge in [-0.15, -0.1) is 0 Å². The van der Waals surface area contributed by atoms with Crippen molar-refractivity contribution in [1.29, 1.82) is 0 Å². The number of hydrazone groups is 1. The Morgan fingerprint density at radius 2 is 1.72 bits per heavy atom. The lowest BCUT2D eigenvalue weighted by atomic mass is 10.2. The summed E-state index contributed by atoms with van der Waals surface area (Å²) in [6, 6.07) is 23.3. The lowest BCUT2D eigenvalue weighted by molar-refractivity contribution is -0.119. The van der Waals surface area contributed by atoms with Crippen LogP contribution in [0.4, 0.5) is 5.69 Å². The van der Waals surface area contributed by atoms with Crippen molar-refractivity contribution in [3.05, 3.63) is 106 Å². The molecule has 0 fully saturated rings. The number of amides is 1. The molecule has 1 N–H and O–H groups in total. The van der Waals surface area contributed by atoms with Gasteiger partial charge in [-0.1, -0.05) is 59.6 Å². The van der Waals surface area contributed by atoms with Crippen LogP contribution in [-0.2, 0) is 14.8 Å². The quantitative estimate of drug-likeness (QED) is 0.222. The SMILES string of the molecule is Cc1ccccc1N(CC(=O)N/N=C\c1ccc(-c2ccc(Cl)cc2Cl)o1)S(=O)(=O)c1ccccc1. The van der Waals surface area contributed by atoms with Gasteiger partial charge in [0, 0.05) is 10.6 Å².